The summed E-state index contributed by atoms with van der Waals surface area (Å²) < 4.78 is 0. The van der Waals surface area contributed by atoms with Crippen LogP contribution in [0.3, 0.4) is 0 Å². The molecule has 1 atom stereocenters. The summed E-state index contributed by atoms with van der Waals surface area (Å²) in [5.41, 5.74) is 1.86. The van der Waals surface area contributed by atoms with Gasteiger partial charge in [0.15, 0.2) is 5.65 Å². The first kappa shape index (κ1) is 8.85. The molecule has 15 heavy (non-hydrogen) atoms. The minimum atomic E-state index is 0.444. The molecule has 3 rings (SSSR count). The van der Waals surface area contributed by atoms with Crippen molar-refractivity contribution in [1.29, 1.82) is 0 Å². The van der Waals surface area contributed by atoms with Gasteiger partial charge in [-0.1, -0.05) is 0 Å². The molecular formula is C11H14N4. The number of pyridine rings is 1. The third kappa shape index (κ3) is 1.41. The van der Waals surface area contributed by atoms with Crippen LogP contribution in [0, 0.1) is 0 Å². The van der Waals surface area contributed by atoms with Gasteiger partial charge in [0.2, 0.25) is 0 Å². The van der Waals surface area contributed by atoms with Gasteiger partial charge in [-0.3, -0.25) is 4.90 Å². The maximum atomic E-state index is 4.54. The van der Waals surface area contributed by atoms with E-state index in [1.807, 2.05) is 12.1 Å². The van der Waals surface area contributed by atoms with E-state index in [-0.39, 0.29) is 0 Å². The summed E-state index contributed by atoms with van der Waals surface area (Å²) in [6, 6.07) is 4.40. The molecule has 78 valence electrons. The highest BCUT2D eigenvalue weighted by atomic mass is 15.2. The number of nitrogens with zero attached hydrogens (tertiary/aromatic N) is 3. The van der Waals surface area contributed by atoms with Crippen molar-refractivity contribution in [1.82, 2.24) is 19.9 Å². The molecule has 0 radical (unpaired) electrons. The third-order valence-corrected chi connectivity index (χ3v) is 3.11. The zero-order valence-electron chi connectivity index (χ0n) is 8.77. The SMILES string of the molecule is CN1CCCC1c1nc2ncccc2[nH]1. The summed E-state index contributed by atoms with van der Waals surface area (Å²) in [6.07, 6.45) is 4.23. The van der Waals surface area contributed by atoms with Gasteiger partial charge in [0.05, 0.1) is 11.6 Å². The standard InChI is InChI=1S/C11H14N4/c1-15-7-3-5-9(15)11-13-8-4-2-6-12-10(8)14-11/h2,4,6,9H,3,5,7H2,1H3,(H,12,13,14). The number of likely N-dealkylation sites (tertiary alicyclic amines) is 1. The van der Waals surface area contributed by atoms with Crippen LogP contribution in [-0.4, -0.2) is 33.4 Å². The Labute approximate surface area is 88.3 Å². The molecule has 3 heterocycles. The molecule has 0 amide bonds. The first-order valence-electron chi connectivity index (χ1n) is 5.35. The highest BCUT2D eigenvalue weighted by Crippen LogP contribution is 2.29. The molecule has 1 unspecified atom stereocenters. The topological polar surface area (TPSA) is 44.8 Å². The van der Waals surface area contributed by atoms with E-state index in [0.717, 1.165) is 23.5 Å². The summed E-state index contributed by atoms with van der Waals surface area (Å²) in [5, 5.41) is 0. The minimum Gasteiger partial charge on any atom is -0.339 e. The lowest BCUT2D eigenvalue weighted by Crippen LogP contribution is -2.18. The number of rotatable bonds is 1. The van der Waals surface area contributed by atoms with E-state index in [9.17, 15) is 0 Å². The first-order valence-corrected chi connectivity index (χ1v) is 5.35. The molecule has 0 bridgehead atoms. The van der Waals surface area contributed by atoms with E-state index in [1.54, 1.807) is 6.20 Å². The normalized spacial score (nSPS) is 22.6. The van der Waals surface area contributed by atoms with Crippen LogP contribution < -0.4 is 0 Å². The Morgan fingerprint density at radius 1 is 1.53 bits per heavy atom. The fraction of sp³-hybridized carbons (Fsp3) is 0.455. The number of hydrogen-bond acceptors (Lipinski definition) is 3. The van der Waals surface area contributed by atoms with Crippen molar-refractivity contribution < 1.29 is 0 Å². The largest absolute Gasteiger partial charge is 0.339 e. The molecule has 0 spiro atoms. The summed E-state index contributed by atoms with van der Waals surface area (Å²) in [6.45, 7) is 1.16. The fourth-order valence-electron chi connectivity index (χ4n) is 2.28. The van der Waals surface area contributed by atoms with Crippen molar-refractivity contribution in [2.45, 2.75) is 18.9 Å². The van der Waals surface area contributed by atoms with Gasteiger partial charge < -0.3 is 4.98 Å². The summed E-state index contributed by atoms with van der Waals surface area (Å²) in [5.74, 6) is 1.06. The molecule has 4 heteroatoms. The van der Waals surface area contributed by atoms with Crippen LogP contribution >= 0.6 is 0 Å². The van der Waals surface area contributed by atoms with Gasteiger partial charge >= 0.3 is 0 Å². The zero-order valence-corrected chi connectivity index (χ0v) is 8.77. The predicted octanol–water partition coefficient (Wildman–Crippen LogP) is 1.72. The van der Waals surface area contributed by atoms with Crippen molar-refractivity contribution in [3.8, 4) is 0 Å². The summed E-state index contributed by atoms with van der Waals surface area (Å²) in [7, 11) is 2.15. The molecule has 1 aliphatic rings. The number of aromatic nitrogens is 3. The second-order valence-corrected chi connectivity index (χ2v) is 4.14. The average molecular weight is 202 g/mol. The van der Waals surface area contributed by atoms with E-state index in [1.165, 1.54) is 12.8 Å². The van der Waals surface area contributed by atoms with Gasteiger partial charge in [-0.25, -0.2) is 9.97 Å². The summed E-state index contributed by atoms with van der Waals surface area (Å²) in [4.78, 5) is 14.5. The van der Waals surface area contributed by atoms with Crippen LogP contribution in [0.15, 0.2) is 18.3 Å². The van der Waals surface area contributed by atoms with Crippen LogP contribution in [0.25, 0.3) is 11.2 Å². The molecular weight excluding hydrogens is 188 g/mol. The molecule has 0 saturated carbocycles. The van der Waals surface area contributed by atoms with Gasteiger partial charge in [-0.05, 0) is 38.6 Å². The van der Waals surface area contributed by atoms with Crippen molar-refractivity contribution in [3.05, 3.63) is 24.2 Å². The molecule has 1 fully saturated rings. The van der Waals surface area contributed by atoms with Crippen LogP contribution in [0.1, 0.15) is 24.7 Å². The Morgan fingerprint density at radius 3 is 3.20 bits per heavy atom. The van der Waals surface area contributed by atoms with E-state index in [4.69, 9.17) is 0 Å². The van der Waals surface area contributed by atoms with Crippen LogP contribution in [-0.2, 0) is 0 Å². The Bertz CT molecular complexity index is 443. The molecule has 1 aliphatic heterocycles. The van der Waals surface area contributed by atoms with Gasteiger partial charge in [-0.2, -0.15) is 0 Å². The van der Waals surface area contributed by atoms with Crippen LogP contribution in [0.2, 0.25) is 0 Å². The number of imidazole rings is 1. The zero-order chi connectivity index (χ0) is 10.3. The van der Waals surface area contributed by atoms with Crippen LogP contribution in [0.4, 0.5) is 0 Å². The van der Waals surface area contributed by atoms with Crippen molar-refractivity contribution >= 4 is 11.2 Å². The van der Waals surface area contributed by atoms with Gasteiger partial charge in [0.1, 0.15) is 5.82 Å². The lowest BCUT2D eigenvalue weighted by molar-refractivity contribution is 0.307. The molecule has 2 aromatic rings. The number of nitrogens with one attached hydrogen (secondary N) is 1. The number of hydrogen-bond donors (Lipinski definition) is 1. The lowest BCUT2D eigenvalue weighted by Gasteiger charge is -2.16. The molecule has 0 aliphatic carbocycles. The second kappa shape index (κ2) is 3.31. The second-order valence-electron chi connectivity index (χ2n) is 4.14. The van der Waals surface area contributed by atoms with E-state index in [2.05, 4.69) is 26.9 Å². The number of H-pyrrole nitrogens is 1. The van der Waals surface area contributed by atoms with Gasteiger partial charge in [0.25, 0.3) is 0 Å². The monoisotopic (exact) mass is 202 g/mol. The fourth-order valence-corrected chi connectivity index (χ4v) is 2.28. The minimum absolute atomic E-state index is 0.444. The highest BCUT2D eigenvalue weighted by molar-refractivity contribution is 5.70. The van der Waals surface area contributed by atoms with E-state index in [0.29, 0.717) is 6.04 Å². The number of fused-ring (bicyclic) bond motifs is 1. The lowest BCUT2D eigenvalue weighted by atomic mass is 10.2. The van der Waals surface area contributed by atoms with E-state index < -0.39 is 0 Å². The predicted molar refractivity (Wildman–Crippen MR) is 58.5 cm³/mol. The maximum Gasteiger partial charge on any atom is 0.177 e. The van der Waals surface area contributed by atoms with Crippen molar-refractivity contribution in [2.24, 2.45) is 0 Å². The Hall–Kier alpha value is -1.42. The highest BCUT2D eigenvalue weighted by Gasteiger charge is 2.25. The smallest absolute Gasteiger partial charge is 0.177 e. The molecule has 2 aromatic heterocycles. The van der Waals surface area contributed by atoms with Crippen LogP contribution in [0.5, 0.6) is 0 Å². The Morgan fingerprint density at radius 2 is 2.47 bits per heavy atom. The van der Waals surface area contributed by atoms with E-state index >= 15 is 0 Å². The molecule has 1 N–H and O–H groups in total. The molecule has 4 nitrogen and oxygen atoms in total. The first-order chi connectivity index (χ1) is 7.34. The third-order valence-electron chi connectivity index (χ3n) is 3.11. The van der Waals surface area contributed by atoms with Crippen molar-refractivity contribution in [3.63, 3.8) is 0 Å². The van der Waals surface area contributed by atoms with Gasteiger partial charge in [0, 0.05) is 6.20 Å². The maximum absolute atomic E-state index is 4.54. The van der Waals surface area contributed by atoms with Crippen molar-refractivity contribution in [2.75, 3.05) is 13.6 Å². The Balaban J connectivity index is 2.04. The molecule has 1 saturated heterocycles. The quantitative estimate of drug-likeness (QED) is 0.765. The average Bonchev–Trinajstić information content (AvgIpc) is 2.82. The van der Waals surface area contributed by atoms with Gasteiger partial charge in [-0.15, -0.1) is 0 Å². The number of aromatic amines is 1. The summed E-state index contributed by atoms with van der Waals surface area (Å²) >= 11 is 0. The molecule has 0 aromatic carbocycles. The Kier molecular flexibility index (Phi) is 1.95.